The molecule has 2 aliphatic heterocycles. The number of nitrogens with zero attached hydrogens (tertiary/aromatic N) is 5. The molecule has 7 nitrogen and oxygen atoms in total. The van der Waals surface area contributed by atoms with Crippen molar-refractivity contribution in [2.75, 3.05) is 38.5 Å². The van der Waals surface area contributed by atoms with Crippen LogP contribution in [0.2, 0.25) is 0 Å². The van der Waals surface area contributed by atoms with E-state index in [1.807, 2.05) is 30.2 Å². The molecule has 7 heteroatoms. The predicted molar refractivity (Wildman–Crippen MR) is 144 cm³/mol. The van der Waals surface area contributed by atoms with E-state index < -0.39 is 0 Å². The largest absolute Gasteiger partial charge is 0.310 e. The highest BCUT2D eigenvalue weighted by Crippen LogP contribution is 2.52. The van der Waals surface area contributed by atoms with Crippen molar-refractivity contribution in [3.63, 3.8) is 0 Å². The number of carbonyl (C=O) groups is 1. The Labute approximate surface area is 213 Å². The number of anilines is 1. The van der Waals surface area contributed by atoms with E-state index in [4.69, 9.17) is 0 Å². The maximum absolute atomic E-state index is 13.0. The van der Waals surface area contributed by atoms with Crippen molar-refractivity contribution in [1.29, 1.82) is 0 Å². The van der Waals surface area contributed by atoms with Crippen LogP contribution >= 0.6 is 0 Å². The maximum atomic E-state index is 13.0. The summed E-state index contributed by atoms with van der Waals surface area (Å²) in [5.41, 5.74) is 4.00. The number of rotatable bonds is 5. The first-order chi connectivity index (χ1) is 17.5. The van der Waals surface area contributed by atoms with Crippen LogP contribution in [0, 0.1) is 11.3 Å². The SMILES string of the molecule is CN1CCC2(CC1)CC(C(=O)Nc1cc3cc(-c4cnn(C)c4CN4CCCCC4)ccc3cn1)C2. The van der Waals surface area contributed by atoms with Crippen LogP contribution in [0.1, 0.15) is 50.6 Å². The summed E-state index contributed by atoms with van der Waals surface area (Å²) in [4.78, 5) is 22.4. The molecule has 1 spiro atoms. The molecule has 2 aromatic heterocycles. The molecule has 3 aromatic rings. The highest BCUT2D eigenvalue weighted by Gasteiger charge is 2.48. The summed E-state index contributed by atoms with van der Waals surface area (Å²) in [7, 11) is 4.23. The summed E-state index contributed by atoms with van der Waals surface area (Å²) in [6, 6.07) is 8.51. The van der Waals surface area contributed by atoms with E-state index in [0.29, 0.717) is 11.2 Å². The number of pyridine rings is 1. The quantitative estimate of drug-likeness (QED) is 0.567. The van der Waals surface area contributed by atoms with Gasteiger partial charge in [-0.1, -0.05) is 18.6 Å². The molecular weight excluding hydrogens is 448 g/mol. The van der Waals surface area contributed by atoms with Gasteiger partial charge in [0.15, 0.2) is 0 Å². The number of amides is 1. The molecule has 190 valence electrons. The lowest BCUT2D eigenvalue weighted by atomic mass is 9.57. The highest BCUT2D eigenvalue weighted by atomic mass is 16.2. The van der Waals surface area contributed by atoms with Gasteiger partial charge in [0.2, 0.25) is 5.91 Å². The Morgan fingerprint density at radius 3 is 2.56 bits per heavy atom. The molecule has 2 saturated heterocycles. The topological polar surface area (TPSA) is 66.3 Å². The molecule has 3 aliphatic rings. The second-order valence-electron chi connectivity index (χ2n) is 11.5. The fourth-order valence-electron chi connectivity index (χ4n) is 6.50. The molecule has 1 aliphatic carbocycles. The Morgan fingerprint density at radius 2 is 1.78 bits per heavy atom. The van der Waals surface area contributed by atoms with E-state index in [1.54, 1.807) is 0 Å². The van der Waals surface area contributed by atoms with Crippen molar-refractivity contribution in [2.45, 2.75) is 51.5 Å². The maximum Gasteiger partial charge on any atom is 0.228 e. The van der Waals surface area contributed by atoms with Crippen molar-refractivity contribution in [1.82, 2.24) is 24.6 Å². The summed E-state index contributed by atoms with van der Waals surface area (Å²) in [5.74, 6) is 0.886. The number of likely N-dealkylation sites (tertiary alicyclic amines) is 2. The van der Waals surface area contributed by atoms with Crippen LogP contribution < -0.4 is 5.32 Å². The first kappa shape index (κ1) is 23.6. The van der Waals surface area contributed by atoms with Gasteiger partial charge in [-0.05, 0) is 100 Å². The molecule has 1 saturated carbocycles. The molecule has 1 N–H and O–H groups in total. The highest BCUT2D eigenvalue weighted by molar-refractivity contribution is 5.95. The zero-order valence-corrected chi connectivity index (χ0v) is 21.7. The van der Waals surface area contributed by atoms with Gasteiger partial charge < -0.3 is 10.2 Å². The molecule has 6 rings (SSSR count). The normalized spacial score (nSPS) is 21.1. The lowest BCUT2D eigenvalue weighted by Crippen LogP contribution is -2.49. The van der Waals surface area contributed by atoms with Gasteiger partial charge >= 0.3 is 0 Å². The Kier molecular flexibility index (Phi) is 6.30. The van der Waals surface area contributed by atoms with E-state index in [0.717, 1.165) is 61.9 Å². The second kappa shape index (κ2) is 9.60. The van der Waals surface area contributed by atoms with E-state index in [2.05, 4.69) is 50.4 Å². The van der Waals surface area contributed by atoms with Crippen molar-refractivity contribution in [3.8, 4) is 11.1 Å². The zero-order valence-electron chi connectivity index (χ0n) is 21.7. The molecule has 4 heterocycles. The summed E-state index contributed by atoms with van der Waals surface area (Å²) in [5, 5.41) is 9.87. The van der Waals surface area contributed by atoms with Crippen LogP contribution in [0.4, 0.5) is 5.82 Å². The third-order valence-corrected chi connectivity index (χ3v) is 8.94. The van der Waals surface area contributed by atoms with Gasteiger partial charge in [0, 0.05) is 36.7 Å². The molecule has 3 fully saturated rings. The Bertz CT molecular complexity index is 1240. The number of aromatic nitrogens is 3. The molecule has 0 radical (unpaired) electrons. The first-order valence-electron chi connectivity index (χ1n) is 13.6. The number of piperidine rings is 2. The summed E-state index contributed by atoms with van der Waals surface area (Å²) < 4.78 is 2.02. The van der Waals surface area contributed by atoms with Crippen LogP contribution in [0.5, 0.6) is 0 Å². The minimum Gasteiger partial charge on any atom is -0.310 e. The van der Waals surface area contributed by atoms with E-state index in [-0.39, 0.29) is 11.8 Å². The summed E-state index contributed by atoms with van der Waals surface area (Å²) >= 11 is 0. The third-order valence-electron chi connectivity index (χ3n) is 8.94. The van der Waals surface area contributed by atoms with Gasteiger partial charge in [-0.2, -0.15) is 5.10 Å². The van der Waals surface area contributed by atoms with Gasteiger partial charge in [-0.15, -0.1) is 0 Å². The van der Waals surface area contributed by atoms with E-state index >= 15 is 0 Å². The van der Waals surface area contributed by atoms with Crippen LogP contribution in [0.15, 0.2) is 36.7 Å². The zero-order chi connectivity index (χ0) is 24.7. The molecule has 0 atom stereocenters. The molecule has 1 amide bonds. The fraction of sp³-hybridized carbons (Fsp3) is 0.552. The minimum atomic E-state index is 0.116. The average molecular weight is 487 g/mol. The smallest absolute Gasteiger partial charge is 0.228 e. The first-order valence-corrected chi connectivity index (χ1v) is 13.6. The summed E-state index contributed by atoms with van der Waals surface area (Å²) in [6.45, 7) is 5.56. The number of hydrogen-bond donors (Lipinski definition) is 1. The van der Waals surface area contributed by atoms with Crippen molar-refractivity contribution >= 4 is 22.5 Å². The van der Waals surface area contributed by atoms with E-state index in [1.165, 1.54) is 43.4 Å². The number of hydrogen-bond acceptors (Lipinski definition) is 5. The van der Waals surface area contributed by atoms with Gasteiger partial charge in [0.25, 0.3) is 0 Å². The molecule has 0 bridgehead atoms. The lowest BCUT2D eigenvalue weighted by Gasteiger charge is -2.51. The molecular formula is C29H38N6O. The summed E-state index contributed by atoms with van der Waals surface area (Å²) in [6.07, 6.45) is 12.2. The molecule has 36 heavy (non-hydrogen) atoms. The standard InChI is InChI=1S/C29H38N6O/c1-33-12-8-29(9-13-33)16-24(17-29)28(36)32-27-15-23-14-21(6-7-22(23)18-30-27)25-19-31-34(2)26(25)20-35-10-4-3-5-11-35/h6-7,14-15,18-19,24H,3-5,8-13,16-17,20H2,1-2H3,(H,30,32,36). The monoisotopic (exact) mass is 486 g/mol. The fourth-order valence-corrected chi connectivity index (χ4v) is 6.50. The Balaban J connectivity index is 1.17. The Hall–Kier alpha value is -2.77. The van der Waals surface area contributed by atoms with Crippen molar-refractivity contribution in [3.05, 3.63) is 42.4 Å². The molecule has 1 aromatic carbocycles. The number of benzene rings is 1. The second-order valence-corrected chi connectivity index (χ2v) is 11.5. The average Bonchev–Trinajstić information content (AvgIpc) is 3.23. The number of nitrogens with one attached hydrogen (secondary N) is 1. The van der Waals surface area contributed by atoms with Gasteiger partial charge in [-0.3, -0.25) is 14.4 Å². The van der Waals surface area contributed by atoms with Crippen molar-refractivity contribution < 1.29 is 4.79 Å². The number of carbonyl (C=O) groups excluding carboxylic acids is 1. The van der Waals surface area contributed by atoms with Crippen LogP contribution in [0.25, 0.3) is 21.9 Å². The predicted octanol–water partition coefficient (Wildman–Crippen LogP) is 4.68. The van der Waals surface area contributed by atoms with Crippen LogP contribution in [0.3, 0.4) is 0 Å². The minimum absolute atomic E-state index is 0.116. The third kappa shape index (κ3) is 4.66. The molecule has 0 unspecified atom stereocenters. The lowest BCUT2D eigenvalue weighted by molar-refractivity contribution is -0.129. The number of fused-ring (bicyclic) bond motifs is 1. The van der Waals surface area contributed by atoms with Gasteiger partial charge in [-0.25, -0.2) is 4.98 Å². The van der Waals surface area contributed by atoms with Gasteiger partial charge in [0.1, 0.15) is 5.82 Å². The van der Waals surface area contributed by atoms with Crippen LogP contribution in [-0.4, -0.2) is 63.7 Å². The Morgan fingerprint density at radius 1 is 1.00 bits per heavy atom. The van der Waals surface area contributed by atoms with Crippen molar-refractivity contribution in [2.24, 2.45) is 18.4 Å². The van der Waals surface area contributed by atoms with Gasteiger partial charge in [0.05, 0.1) is 11.9 Å². The van der Waals surface area contributed by atoms with Crippen LogP contribution in [-0.2, 0) is 18.4 Å². The number of aryl methyl sites for hydroxylation is 1. The van der Waals surface area contributed by atoms with E-state index in [9.17, 15) is 4.79 Å².